The van der Waals surface area contributed by atoms with E-state index < -0.39 is 5.97 Å². The minimum absolute atomic E-state index is 0.403. The lowest BCUT2D eigenvalue weighted by Crippen LogP contribution is -2.07. The van der Waals surface area contributed by atoms with E-state index in [0.29, 0.717) is 15.7 Å². The Balaban J connectivity index is 1.81. The van der Waals surface area contributed by atoms with Gasteiger partial charge in [0.1, 0.15) is 16.2 Å². The lowest BCUT2D eigenvalue weighted by Gasteiger charge is -2.06. The van der Waals surface area contributed by atoms with Crippen LogP contribution in [0.3, 0.4) is 0 Å². The highest BCUT2D eigenvalue weighted by molar-refractivity contribution is 7.17. The number of thiazole rings is 1. The van der Waals surface area contributed by atoms with Gasteiger partial charge in [0.2, 0.25) is 5.13 Å². The number of hydrogen-bond acceptors (Lipinski definition) is 7. The molecule has 0 radical (unpaired) electrons. The van der Waals surface area contributed by atoms with Crippen LogP contribution in [0.25, 0.3) is 22.3 Å². The number of rotatable bonds is 4. The topological polar surface area (TPSA) is 76.7 Å². The van der Waals surface area contributed by atoms with Gasteiger partial charge >= 0.3 is 5.97 Å². The summed E-state index contributed by atoms with van der Waals surface area (Å²) in [4.78, 5) is 16.7. The third-order valence-electron chi connectivity index (χ3n) is 4.67. The highest BCUT2D eigenvalue weighted by Crippen LogP contribution is 2.25. The fraction of sp³-hybridized carbons (Fsp3) is 0.174. The molecule has 0 amide bonds. The molecule has 0 fully saturated rings. The van der Waals surface area contributed by atoms with Gasteiger partial charge in [0.15, 0.2) is 0 Å². The number of hydrogen-bond donors (Lipinski definition) is 1. The summed E-state index contributed by atoms with van der Waals surface area (Å²) in [6.45, 7) is 5.84. The van der Waals surface area contributed by atoms with Gasteiger partial charge in [-0.15, -0.1) is 0 Å². The maximum absolute atomic E-state index is 11.8. The van der Waals surface area contributed by atoms with Gasteiger partial charge in [-0.1, -0.05) is 52.8 Å². The number of fused-ring (bicyclic) bond motifs is 1. The molecule has 2 aromatic heterocycles. The Kier molecular flexibility index (Phi) is 5.37. The predicted octanol–water partition coefficient (Wildman–Crippen LogP) is 5.20. The van der Waals surface area contributed by atoms with Crippen molar-refractivity contribution in [1.82, 2.24) is 4.98 Å². The molecule has 0 aliphatic rings. The number of carbonyl (C=O) groups excluding carboxylic acids is 1. The molecule has 0 saturated carbocycles. The molecule has 4 rings (SSSR count). The average molecular weight is 420 g/mol. The summed E-state index contributed by atoms with van der Waals surface area (Å²) in [5.41, 5.74) is 7.59. The maximum atomic E-state index is 11.8. The molecule has 152 valence electrons. The van der Waals surface area contributed by atoms with Crippen LogP contribution in [-0.4, -0.2) is 18.1 Å². The van der Waals surface area contributed by atoms with Gasteiger partial charge < -0.3 is 9.15 Å². The first kappa shape index (κ1) is 19.8. The Hall–Kier alpha value is -3.45. The summed E-state index contributed by atoms with van der Waals surface area (Å²) in [7, 11) is 1.35. The summed E-state index contributed by atoms with van der Waals surface area (Å²) in [6.07, 6.45) is 0. The minimum atomic E-state index is -0.403. The van der Waals surface area contributed by atoms with E-state index in [1.807, 2.05) is 62.4 Å². The first-order valence-corrected chi connectivity index (χ1v) is 10.2. The van der Waals surface area contributed by atoms with Crippen molar-refractivity contribution < 1.29 is 13.9 Å². The fourth-order valence-corrected chi connectivity index (χ4v) is 3.90. The minimum Gasteiger partial charge on any atom is -0.465 e. The Morgan fingerprint density at radius 1 is 1.07 bits per heavy atom. The van der Waals surface area contributed by atoms with E-state index in [1.165, 1.54) is 24.0 Å². The summed E-state index contributed by atoms with van der Waals surface area (Å²) < 4.78 is 10.9. The Labute approximate surface area is 177 Å². The van der Waals surface area contributed by atoms with Crippen molar-refractivity contribution in [2.45, 2.75) is 20.8 Å². The second kappa shape index (κ2) is 8.12. The lowest BCUT2D eigenvalue weighted by molar-refractivity contribution is 0.0605. The SMILES string of the molecule is COC(=O)c1sc(NN=c2cc(-c3ccc(C)cc3)oc3ccc(C)cc23)nc1C. The lowest BCUT2D eigenvalue weighted by atomic mass is 10.1. The molecule has 4 aromatic rings. The van der Waals surface area contributed by atoms with Crippen LogP contribution in [0.15, 0.2) is 58.0 Å². The second-order valence-electron chi connectivity index (χ2n) is 7.01. The van der Waals surface area contributed by atoms with Gasteiger partial charge in [-0.25, -0.2) is 9.78 Å². The zero-order valence-electron chi connectivity index (χ0n) is 17.1. The molecule has 0 aliphatic heterocycles. The van der Waals surface area contributed by atoms with Gasteiger partial charge in [0, 0.05) is 17.0 Å². The number of methoxy groups -OCH3 is 1. The fourth-order valence-electron chi connectivity index (χ4n) is 3.07. The number of aromatic nitrogens is 1. The third kappa shape index (κ3) is 3.97. The van der Waals surface area contributed by atoms with Crippen LogP contribution >= 0.6 is 11.3 Å². The highest BCUT2D eigenvalue weighted by atomic mass is 32.1. The van der Waals surface area contributed by atoms with Crippen LogP contribution in [0.2, 0.25) is 0 Å². The van der Waals surface area contributed by atoms with E-state index in [9.17, 15) is 4.79 Å². The number of esters is 1. The van der Waals surface area contributed by atoms with E-state index in [-0.39, 0.29) is 0 Å². The second-order valence-corrected chi connectivity index (χ2v) is 8.01. The molecule has 0 atom stereocenters. The van der Waals surface area contributed by atoms with Crippen molar-refractivity contribution in [2.75, 3.05) is 12.5 Å². The first-order valence-electron chi connectivity index (χ1n) is 9.41. The number of nitrogens with one attached hydrogen (secondary N) is 1. The summed E-state index contributed by atoms with van der Waals surface area (Å²) >= 11 is 1.21. The predicted molar refractivity (Wildman–Crippen MR) is 119 cm³/mol. The first-order chi connectivity index (χ1) is 14.4. The zero-order chi connectivity index (χ0) is 21.3. The summed E-state index contributed by atoms with van der Waals surface area (Å²) in [6, 6.07) is 16.0. The number of ether oxygens (including phenoxy) is 1. The molecule has 7 heteroatoms. The molecule has 6 nitrogen and oxygen atoms in total. The van der Waals surface area contributed by atoms with Crippen molar-refractivity contribution in [3.8, 4) is 11.3 Å². The van der Waals surface area contributed by atoms with Crippen molar-refractivity contribution in [3.05, 3.63) is 75.6 Å². The molecule has 0 aliphatic carbocycles. The molecule has 2 heterocycles. The van der Waals surface area contributed by atoms with E-state index in [4.69, 9.17) is 9.15 Å². The third-order valence-corrected chi connectivity index (χ3v) is 5.72. The van der Waals surface area contributed by atoms with E-state index in [0.717, 1.165) is 33.2 Å². The largest absolute Gasteiger partial charge is 0.465 e. The molecule has 0 saturated heterocycles. The van der Waals surface area contributed by atoms with Crippen LogP contribution in [0.5, 0.6) is 0 Å². The van der Waals surface area contributed by atoms with Crippen molar-refractivity contribution in [1.29, 1.82) is 0 Å². The summed E-state index contributed by atoms with van der Waals surface area (Å²) in [5, 5.41) is 6.71. The number of anilines is 1. The molecule has 0 spiro atoms. The number of benzene rings is 2. The van der Waals surface area contributed by atoms with Gasteiger partial charge in [-0.2, -0.15) is 5.10 Å². The quantitative estimate of drug-likeness (QED) is 0.364. The average Bonchev–Trinajstić information content (AvgIpc) is 3.12. The maximum Gasteiger partial charge on any atom is 0.350 e. The van der Waals surface area contributed by atoms with E-state index >= 15 is 0 Å². The standard InChI is InChI=1S/C23H21N3O3S/c1-13-5-8-16(9-6-13)20-12-18(17-11-14(2)7-10-19(17)29-20)25-26-23-24-15(3)21(30-23)22(27)28-4/h5-12H,1-4H3,(H,24,26). The number of nitrogens with zero attached hydrogens (tertiary/aromatic N) is 2. The molecule has 1 N–H and O–H groups in total. The van der Waals surface area contributed by atoms with Gasteiger partial charge in [-0.05, 0) is 32.9 Å². The number of aryl methyl sites for hydroxylation is 3. The van der Waals surface area contributed by atoms with E-state index in [2.05, 4.69) is 15.5 Å². The smallest absolute Gasteiger partial charge is 0.350 e. The molecular formula is C23H21N3O3S. The van der Waals surface area contributed by atoms with E-state index in [1.54, 1.807) is 6.92 Å². The molecule has 30 heavy (non-hydrogen) atoms. The van der Waals surface area contributed by atoms with Gasteiger partial charge in [0.05, 0.1) is 18.2 Å². The van der Waals surface area contributed by atoms with Crippen LogP contribution in [0.1, 0.15) is 26.5 Å². The van der Waals surface area contributed by atoms with Crippen LogP contribution in [0, 0.1) is 20.8 Å². The normalized spacial score (nSPS) is 11.7. The monoisotopic (exact) mass is 419 g/mol. The Bertz CT molecular complexity index is 1300. The van der Waals surface area contributed by atoms with Crippen molar-refractivity contribution >= 4 is 33.4 Å². The van der Waals surface area contributed by atoms with Crippen molar-refractivity contribution in [2.24, 2.45) is 5.10 Å². The Morgan fingerprint density at radius 3 is 2.53 bits per heavy atom. The molecule has 2 aromatic carbocycles. The molecule has 0 bridgehead atoms. The van der Waals surface area contributed by atoms with Crippen LogP contribution in [-0.2, 0) is 4.74 Å². The summed E-state index contributed by atoms with van der Waals surface area (Å²) in [5.74, 6) is 0.316. The number of carbonyl (C=O) groups is 1. The van der Waals surface area contributed by atoms with Crippen LogP contribution in [0.4, 0.5) is 5.13 Å². The molecule has 0 unspecified atom stereocenters. The zero-order valence-corrected chi connectivity index (χ0v) is 18.0. The molecular weight excluding hydrogens is 398 g/mol. The Morgan fingerprint density at radius 2 is 1.80 bits per heavy atom. The highest BCUT2D eigenvalue weighted by Gasteiger charge is 2.15. The van der Waals surface area contributed by atoms with Gasteiger partial charge in [0.25, 0.3) is 0 Å². The van der Waals surface area contributed by atoms with Crippen LogP contribution < -0.4 is 10.8 Å². The van der Waals surface area contributed by atoms with Gasteiger partial charge in [-0.3, -0.25) is 5.43 Å². The van der Waals surface area contributed by atoms with Crippen molar-refractivity contribution in [3.63, 3.8) is 0 Å².